The van der Waals surface area contributed by atoms with E-state index in [0.29, 0.717) is 5.69 Å². The second kappa shape index (κ2) is 6.67. The average molecular weight is 330 g/mol. The molecule has 0 saturated carbocycles. The maximum atomic E-state index is 11.4. The predicted octanol–water partition coefficient (Wildman–Crippen LogP) is 0.704. The van der Waals surface area contributed by atoms with Crippen LogP contribution in [0.2, 0.25) is 0 Å². The van der Waals surface area contributed by atoms with Crippen molar-refractivity contribution < 1.29 is 25.3 Å². The number of rotatable bonds is 4. The second-order valence-electron chi connectivity index (χ2n) is 4.62. The molecule has 5 N–H and O–H groups in total. The summed E-state index contributed by atoms with van der Waals surface area (Å²) in [4.78, 5) is 22.6. The molecule has 0 radical (unpaired) electrons. The molecule has 0 fully saturated rings. The highest BCUT2D eigenvalue weighted by atomic mass is 16.4. The van der Waals surface area contributed by atoms with Crippen LogP contribution in [0.5, 0.6) is 0 Å². The smallest absolute Gasteiger partial charge is 0.375 e. The summed E-state index contributed by atoms with van der Waals surface area (Å²) >= 11 is 0. The van der Waals surface area contributed by atoms with E-state index in [9.17, 15) is 14.7 Å². The highest BCUT2D eigenvalue weighted by molar-refractivity contribution is 6.35. The Hall–Kier alpha value is -3.59. The monoisotopic (exact) mass is 330 g/mol. The molecule has 24 heavy (non-hydrogen) atoms. The molecule has 0 amide bonds. The molecule has 1 aliphatic rings. The van der Waals surface area contributed by atoms with Gasteiger partial charge >= 0.3 is 11.9 Å². The molecule has 0 aliphatic carbocycles. The molecule has 9 nitrogen and oxygen atoms in total. The van der Waals surface area contributed by atoms with Crippen molar-refractivity contribution >= 4 is 29.1 Å². The van der Waals surface area contributed by atoms with Crippen molar-refractivity contribution in [3.63, 3.8) is 0 Å². The summed E-state index contributed by atoms with van der Waals surface area (Å²) in [6.07, 6.45) is 0. The minimum Gasteiger partial charge on any atom is -0.478 e. The molecular weight excluding hydrogens is 316 g/mol. The van der Waals surface area contributed by atoms with Gasteiger partial charge in [-0.2, -0.15) is 10.2 Å². The number of anilines is 2. The van der Waals surface area contributed by atoms with Gasteiger partial charge in [0.25, 0.3) is 5.84 Å². The number of aliphatic carboxylic acids is 1. The van der Waals surface area contributed by atoms with Gasteiger partial charge in [-0.1, -0.05) is 30.3 Å². The van der Waals surface area contributed by atoms with Gasteiger partial charge in [-0.15, -0.1) is 5.10 Å². The Morgan fingerprint density at radius 3 is 2.17 bits per heavy atom. The number of hydrogen-bond acceptors (Lipinski definition) is 6. The van der Waals surface area contributed by atoms with Crippen LogP contribution in [0, 0.1) is 0 Å². The van der Waals surface area contributed by atoms with Crippen LogP contribution in [0.15, 0.2) is 59.7 Å². The summed E-state index contributed by atoms with van der Waals surface area (Å²) in [6, 6.07) is 15.0. The molecule has 0 saturated heterocycles. The summed E-state index contributed by atoms with van der Waals surface area (Å²) in [6.45, 7) is 0. The molecule has 0 aromatic heterocycles. The molecule has 9 heteroatoms. The third-order valence-electron chi connectivity index (χ3n) is 3.15. The summed E-state index contributed by atoms with van der Waals surface area (Å²) in [5.74, 6) is -2.69. The zero-order valence-electron chi connectivity index (χ0n) is 12.2. The molecule has 0 bridgehead atoms. The van der Waals surface area contributed by atoms with E-state index < -0.39 is 11.9 Å². The first-order valence-corrected chi connectivity index (χ1v) is 6.64. The van der Waals surface area contributed by atoms with Gasteiger partial charge in [0, 0.05) is 0 Å². The number of hydrazine groups is 2. The molecule has 0 atom stereocenters. The summed E-state index contributed by atoms with van der Waals surface area (Å²) in [7, 11) is 0. The number of carboxylic acids is 2. The standard InChI is InChI=1S/C15H12N4O4.H2O/c20-14(21)11-8-4-5-9-12(11)19-17-13(15(22)23)16-18(19)10-6-2-1-3-7-10;/h1-9H,(H,16,17)(H,20,21)(H,22,23);1H2. The molecular formula is C15H14N4O5. The fourth-order valence-corrected chi connectivity index (χ4v) is 2.14. The molecule has 2 aromatic carbocycles. The lowest BCUT2D eigenvalue weighted by Crippen LogP contribution is -2.46. The molecule has 1 heterocycles. The number of benzene rings is 2. The number of carboxylic acid groups (broad SMARTS) is 2. The fourth-order valence-electron chi connectivity index (χ4n) is 2.14. The van der Waals surface area contributed by atoms with Gasteiger partial charge in [0.05, 0.1) is 16.9 Å². The van der Waals surface area contributed by atoms with Crippen molar-refractivity contribution in [1.82, 2.24) is 5.43 Å². The van der Waals surface area contributed by atoms with Gasteiger partial charge in [-0.25, -0.2) is 9.59 Å². The molecule has 3 rings (SSSR count). The highest BCUT2D eigenvalue weighted by Gasteiger charge is 2.31. The number of carbonyl (C=O) groups is 2. The molecule has 2 aromatic rings. The highest BCUT2D eigenvalue weighted by Crippen LogP contribution is 2.27. The summed E-state index contributed by atoms with van der Waals surface area (Å²) in [5.41, 5.74) is 3.46. The molecule has 124 valence electrons. The van der Waals surface area contributed by atoms with Crippen molar-refractivity contribution in [2.75, 3.05) is 10.2 Å². The topological polar surface area (TPSA) is 137 Å². The van der Waals surface area contributed by atoms with Crippen LogP contribution >= 0.6 is 0 Å². The van der Waals surface area contributed by atoms with Gasteiger partial charge in [0.1, 0.15) is 0 Å². The van der Waals surface area contributed by atoms with E-state index in [1.165, 1.54) is 16.3 Å². The third-order valence-corrected chi connectivity index (χ3v) is 3.15. The molecule has 0 unspecified atom stereocenters. The minimum absolute atomic E-state index is 0. The van der Waals surface area contributed by atoms with E-state index in [1.807, 2.05) is 6.07 Å². The SMILES string of the molecule is O.O=C(O)C1=NN(c2ccccc2)N(c2ccccc2C(=O)O)N1. The first-order valence-electron chi connectivity index (χ1n) is 6.64. The maximum absolute atomic E-state index is 11.4. The Bertz CT molecular complexity index is 793. The Labute approximate surface area is 136 Å². The van der Waals surface area contributed by atoms with E-state index in [-0.39, 0.29) is 22.6 Å². The number of nitrogens with zero attached hydrogens (tertiary/aromatic N) is 3. The number of amidine groups is 1. The summed E-state index contributed by atoms with van der Waals surface area (Å²) < 4.78 is 0. The van der Waals surface area contributed by atoms with Crippen LogP contribution in [0.1, 0.15) is 10.4 Å². The van der Waals surface area contributed by atoms with Gasteiger partial charge in [0.15, 0.2) is 0 Å². The van der Waals surface area contributed by atoms with Gasteiger partial charge in [-0.05, 0) is 24.3 Å². The quantitative estimate of drug-likeness (QED) is 0.750. The predicted molar refractivity (Wildman–Crippen MR) is 86.6 cm³/mol. The fraction of sp³-hybridized carbons (Fsp3) is 0. The van der Waals surface area contributed by atoms with Crippen LogP contribution in [-0.4, -0.2) is 33.5 Å². The van der Waals surface area contributed by atoms with Crippen LogP contribution in [0.25, 0.3) is 0 Å². The first-order chi connectivity index (χ1) is 11.1. The molecule has 1 aliphatic heterocycles. The first kappa shape index (κ1) is 16.8. The zero-order valence-corrected chi connectivity index (χ0v) is 12.2. The van der Waals surface area contributed by atoms with E-state index >= 15 is 0 Å². The van der Waals surface area contributed by atoms with Crippen LogP contribution in [0.4, 0.5) is 11.4 Å². The van der Waals surface area contributed by atoms with Crippen molar-refractivity contribution in [3.8, 4) is 0 Å². The van der Waals surface area contributed by atoms with Crippen LogP contribution in [-0.2, 0) is 4.79 Å². The number of para-hydroxylation sites is 2. The minimum atomic E-state index is -1.25. The lowest BCUT2D eigenvalue weighted by molar-refractivity contribution is -0.129. The van der Waals surface area contributed by atoms with Crippen LogP contribution in [0.3, 0.4) is 0 Å². The van der Waals surface area contributed by atoms with Crippen LogP contribution < -0.4 is 15.7 Å². The van der Waals surface area contributed by atoms with Gasteiger partial charge in [-0.3, -0.25) is 5.43 Å². The lowest BCUT2D eigenvalue weighted by Gasteiger charge is -2.28. The van der Waals surface area contributed by atoms with Crippen molar-refractivity contribution in [2.24, 2.45) is 5.10 Å². The Kier molecular flexibility index (Phi) is 4.66. The normalized spacial score (nSPS) is 12.9. The van der Waals surface area contributed by atoms with Gasteiger partial charge < -0.3 is 15.7 Å². The number of nitrogens with one attached hydrogen (secondary N) is 1. The largest absolute Gasteiger partial charge is 0.478 e. The zero-order chi connectivity index (χ0) is 16.4. The number of hydrogen-bond donors (Lipinski definition) is 3. The number of hydrazone groups is 1. The average Bonchev–Trinajstić information content (AvgIpc) is 3.01. The van der Waals surface area contributed by atoms with Crippen molar-refractivity contribution in [3.05, 3.63) is 60.2 Å². The Morgan fingerprint density at radius 2 is 1.54 bits per heavy atom. The van der Waals surface area contributed by atoms with Gasteiger partial charge in [0.2, 0.25) is 0 Å². The van der Waals surface area contributed by atoms with E-state index in [0.717, 1.165) is 0 Å². The van der Waals surface area contributed by atoms with E-state index in [2.05, 4.69) is 10.5 Å². The van der Waals surface area contributed by atoms with E-state index in [1.54, 1.807) is 42.5 Å². The van der Waals surface area contributed by atoms with Crippen molar-refractivity contribution in [1.29, 1.82) is 0 Å². The van der Waals surface area contributed by atoms with E-state index in [4.69, 9.17) is 5.11 Å². The third kappa shape index (κ3) is 2.96. The summed E-state index contributed by atoms with van der Waals surface area (Å²) in [5, 5.41) is 25.1. The second-order valence-corrected chi connectivity index (χ2v) is 4.62. The Morgan fingerprint density at radius 1 is 0.917 bits per heavy atom. The van der Waals surface area contributed by atoms with Crippen molar-refractivity contribution in [2.45, 2.75) is 0 Å². The maximum Gasteiger partial charge on any atom is 0.375 e. The Balaban J connectivity index is 0.00000208. The number of aromatic carboxylic acids is 1. The molecule has 0 spiro atoms. The lowest BCUT2D eigenvalue weighted by atomic mass is 10.2.